The second-order valence-electron chi connectivity index (χ2n) is 8.88. The summed E-state index contributed by atoms with van der Waals surface area (Å²) in [6, 6.07) is 11.3. The Morgan fingerprint density at radius 3 is 2.45 bits per heavy atom. The minimum atomic E-state index is -0.567. The van der Waals surface area contributed by atoms with E-state index in [0.29, 0.717) is 18.1 Å². The Morgan fingerprint density at radius 2 is 1.73 bits per heavy atom. The number of ether oxygens (including phenoxy) is 1. The van der Waals surface area contributed by atoms with Gasteiger partial charge in [-0.25, -0.2) is 0 Å². The van der Waals surface area contributed by atoms with Crippen molar-refractivity contribution in [3.05, 3.63) is 64.7 Å². The average molecular weight is 467 g/mol. The summed E-state index contributed by atoms with van der Waals surface area (Å²) in [5, 5.41) is 13.1. The van der Waals surface area contributed by atoms with Crippen molar-refractivity contribution in [1.29, 1.82) is 0 Å². The molecule has 4 heterocycles. The lowest BCUT2D eigenvalue weighted by molar-refractivity contribution is -0.121. The highest BCUT2D eigenvalue weighted by molar-refractivity contribution is 6.31. The van der Waals surface area contributed by atoms with Crippen LogP contribution in [-0.2, 0) is 20.4 Å². The van der Waals surface area contributed by atoms with Gasteiger partial charge in [-0.3, -0.25) is 9.59 Å². The lowest BCUT2D eigenvalue weighted by Gasteiger charge is -2.32. The highest BCUT2D eigenvalue weighted by Gasteiger charge is 2.47. The summed E-state index contributed by atoms with van der Waals surface area (Å²) in [6.45, 7) is 3.15. The fourth-order valence-corrected chi connectivity index (χ4v) is 5.38. The third-order valence-electron chi connectivity index (χ3n) is 6.99. The summed E-state index contributed by atoms with van der Waals surface area (Å²) in [5.41, 5.74) is 2.88. The minimum Gasteiger partial charge on any atom is -0.497 e. The molecule has 2 amide bonds. The van der Waals surface area contributed by atoms with Crippen LogP contribution in [0.3, 0.4) is 0 Å². The van der Waals surface area contributed by atoms with Crippen molar-refractivity contribution in [2.45, 2.75) is 23.7 Å². The van der Waals surface area contributed by atoms with Crippen molar-refractivity contribution in [1.82, 2.24) is 10.6 Å². The molecule has 1 saturated heterocycles. The molecule has 0 aliphatic carbocycles. The molecule has 6 rings (SSSR count). The van der Waals surface area contributed by atoms with Crippen molar-refractivity contribution >= 4 is 34.8 Å². The zero-order chi connectivity index (χ0) is 23.1. The molecule has 4 N–H and O–H groups in total. The summed E-state index contributed by atoms with van der Waals surface area (Å²) < 4.78 is 5.23. The van der Waals surface area contributed by atoms with Crippen molar-refractivity contribution in [2.24, 2.45) is 0 Å². The van der Waals surface area contributed by atoms with Crippen molar-refractivity contribution < 1.29 is 14.3 Å². The molecule has 172 valence electrons. The Labute approximate surface area is 197 Å². The first-order valence-electron chi connectivity index (χ1n) is 11.2. The number of piperidine rings is 1. The molecule has 8 heteroatoms. The van der Waals surface area contributed by atoms with E-state index < -0.39 is 10.8 Å². The maximum absolute atomic E-state index is 12.2. The summed E-state index contributed by atoms with van der Waals surface area (Å²) in [5.74, 6) is 0.916. The van der Waals surface area contributed by atoms with Gasteiger partial charge in [-0.05, 0) is 66.9 Å². The molecular weight excluding hydrogens is 440 g/mol. The number of rotatable bonds is 1. The number of nitrogens with one attached hydrogen (secondary N) is 4. The van der Waals surface area contributed by atoms with Crippen LogP contribution >= 0.6 is 11.6 Å². The molecule has 7 nitrogen and oxygen atoms in total. The van der Waals surface area contributed by atoms with E-state index in [1.165, 1.54) is 0 Å². The van der Waals surface area contributed by atoms with Gasteiger partial charge >= 0.3 is 0 Å². The highest BCUT2D eigenvalue weighted by atomic mass is 35.5. The molecule has 2 aromatic rings. The SMILES string of the molecule is COc1ccc2c(c1)[C@]1(C=CCNC1)C(=O)N2.O=C1Nc2ccc(Cl)cc2[C@]12CCCNC2. The number of hydrogen-bond acceptors (Lipinski definition) is 5. The summed E-state index contributed by atoms with van der Waals surface area (Å²) in [4.78, 5) is 24.3. The zero-order valence-electron chi connectivity index (χ0n) is 18.5. The van der Waals surface area contributed by atoms with Crippen LogP contribution in [0.2, 0.25) is 5.02 Å². The lowest BCUT2D eigenvalue weighted by Crippen LogP contribution is -2.47. The van der Waals surface area contributed by atoms with E-state index in [1.54, 1.807) is 7.11 Å². The Hall–Kier alpha value is -2.87. The minimum absolute atomic E-state index is 0.0317. The maximum Gasteiger partial charge on any atom is 0.240 e. The standard InChI is InChI=1S/C13H14N2O2.C12H13ClN2O/c1-17-9-3-4-11-10(7-9)13(12(16)15-11)5-2-6-14-8-13;13-8-2-3-10-9(6-8)12(11(16)15-10)4-1-5-14-7-12/h2-5,7,14H,6,8H2,1H3,(H,15,16);2-3,6,14H,1,4-5,7H2,(H,15,16)/t13-;12-/m11/s1. The molecule has 2 aromatic carbocycles. The third-order valence-corrected chi connectivity index (χ3v) is 7.23. The largest absolute Gasteiger partial charge is 0.497 e. The maximum atomic E-state index is 12.2. The number of carbonyl (C=O) groups excluding carboxylic acids is 2. The van der Waals surface area contributed by atoms with Crippen LogP contribution in [0.15, 0.2) is 48.6 Å². The van der Waals surface area contributed by atoms with Gasteiger partial charge in [-0.15, -0.1) is 0 Å². The smallest absolute Gasteiger partial charge is 0.240 e. The predicted molar refractivity (Wildman–Crippen MR) is 129 cm³/mol. The Bertz CT molecular complexity index is 1140. The van der Waals surface area contributed by atoms with Crippen LogP contribution < -0.4 is 26.0 Å². The van der Waals surface area contributed by atoms with E-state index in [9.17, 15) is 9.59 Å². The number of halogens is 1. The van der Waals surface area contributed by atoms with Crippen LogP contribution in [0, 0.1) is 0 Å². The van der Waals surface area contributed by atoms with Gasteiger partial charge < -0.3 is 26.0 Å². The molecule has 2 atom stereocenters. The van der Waals surface area contributed by atoms with E-state index in [4.69, 9.17) is 16.3 Å². The molecule has 0 bridgehead atoms. The number of carbonyl (C=O) groups is 2. The van der Waals surface area contributed by atoms with E-state index in [2.05, 4.69) is 21.3 Å². The monoisotopic (exact) mass is 466 g/mol. The molecule has 0 aromatic heterocycles. The zero-order valence-corrected chi connectivity index (χ0v) is 19.2. The molecule has 4 aliphatic rings. The van der Waals surface area contributed by atoms with E-state index >= 15 is 0 Å². The van der Waals surface area contributed by atoms with Gasteiger partial charge in [-0.2, -0.15) is 0 Å². The Morgan fingerprint density at radius 1 is 0.939 bits per heavy atom. The molecule has 0 saturated carbocycles. The molecule has 2 spiro atoms. The number of amides is 2. The fourth-order valence-electron chi connectivity index (χ4n) is 5.21. The van der Waals surface area contributed by atoms with Crippen molar-refractivity contribution in [3.63, 3.8) is 0 Å². The predicted octanol–water partition coefficient (Wildman–Crippen LogP) is 2.96. The average Bonchev–Trinajstić information content (AvgIpc) is 3.25. The van der Waals surface area contributed by atoms with E-state index in [1.807, 2.05) is 48.6 Å². The second kappa shape index (κ2) is 8.48. The molecular formula is C25H27ClN4O3. The number of hydrogen-bond donors (Lipinski definition) is 4. The summed E-state index contributed by atoms with van der Waals surface area (Å²) in [7, 11) is 1.63. The first-order valence-corrected chi connectivity index (χ1v) is 11.6. The highest BCUT2D eigenvalue weighted by Crippen LogP contribution is 2.43. The van der Waals surface area contributed by atoms with Gasteiger partial charge in [0.05, 0.1) is 12.5 Å². The first kappa shape index (κ1) is 21.9. The topological polar surface area (TPSA) is 91.5 Å². The Kier molecular flexibility index (Phi) is 5.64. The Balaban J connectivity index is 0.000000139. The fraction of sp³-hybridized carbons (Fsp3) is 0.360. The van der Waals surface area contributed by atoms with Crippen LogP contribution in [0.1, 0.15) is 24.0 Å². The van der Waals surface area contributed by atoms with Gasteiger partial charge in [0.2, 0.25) is 11.8 Å². The quantitative estimate of drug-likeness (QED) is 0.485. The normalized spacial score (nSPS) is 26.8. The molecule has 4 aliphatic heterocycles. The summed E-state index contributed by atoms with van der Waals surface area (Å²) >= 11 is 6.01. The van der Waals surface area contributed by atoms with Gasteiger partial charge in [0.15, 0.2) is 0 Å². The van der Waals surface area contributed by atoms with Crippen LogP contribution in [0.5, 0.6) is 5.75 Å². The number of methoxy groups -OCH3 is 1. The van der Waals surface area contributed by atoms with Crippen molar-refractivity contribution in [3.8, 4) is 5.75 Å². The lowest BCUT2D eigenvalue weighted by atomic mass is 9.76. The number of anilines is 2. The second-order valence-corrected chi connectivity index (χ2v) is 9.31. The number of fused-ring (bicyclic) bond motifs is 4. The first-order chi connectivity index (χ1) is 16.0. The molecule has 0 radical (unpaired) electrons. The van der Waals surface area contributed by atoms with Gasteiger partial charge in [0, 0.05) is 36.0 Å². The summed E-state index contributed by atoms with van der Waals surface area (Å²) in [6.07, 6.45) is 5.92. The molecule has 1 fully saturated rings. The molecule has 33 heavy (non-hydrogen) atoms. The molecule has 0 unspecified atom stereocenters. The van der Waals surface area contributed by atoms with Gasteiger partial charge in [0.25, 0.3) is 0 Å². The van der Waals surface area contributed by atoms with Crippen molar-refractivity contribution in [2.75, 3.05) is 43.9 Å². The third kappa shape index (κ3) is 3.60. The van der Waals surface area contributed by atoms with Gasteiger partial charge in [0.1, 0.15) is 11.2 Å². The van der Waals surface area contributed by atoms with Crippen LogP contribution in [-0.4, -0.2) is 45.1 Å². The van der Waals surface area contributed by atoms with E-state index in [0.717, 1.165) is 54.2 Å². The number of benzene rings is 2. The van der Waals surface area contributed by atoms with Gasteiger partial charge in [-0.1, -0.05) is 23.8 Å². The van der Waals surface area contributed by atoms with Crippen LogP contribution in [0.25, 0.3) is 0 Å². The van der Waals surface area contributed by atoms with E-state index in [-0.39, 0.29) is 11.8 Å². The van der Waals surface area contributed by atoms with Crippen LogP contribution in [0.4, 0.5) is 11.4 Å².